The summed E-state index contributed by atoms with van der Waals surface area (Å²) >= 11 is 2.73. The lowest BCUT2D eigenvalue weighted by molar-refractivity contribution is -0.384. The highest BCUT2D eigenvalue weighted by atomic mass is 32.2. The van der Waals surface area contributed by atoms with Crippen molar-refractivity contribution in [3.8, 4) is 0 Å². The van der Waals surface area contributed by atoms with Crippen LogP contribution in [0, 0.1) is 16.0 Å². The molecular weight excluding hydrogens is 492 g/mol. The molecule has 1 aromatic carbocycles. The van der Waals surface area contributed by atoms with Gasteiger partial charge in [-0.05, 0) is 36.4 Å². The molecule has 0 spiro atoms. The second kappa shape index (κ2) is 9.33. The van der Waals surface area contributed by atoms with Crippen LogP contribution in [0.4, 0.5) is 5.69 Å². The molecule has 1 N–H and O–H groups in total. The highest BCUT2D eigenvalue weighted by Gasteiger charge is 2.69. The van der Waals surface area contributed by atoms with Crippen LogP contribution >= 0.6 is 23.5 Å². The number of aliphatic carboxylic acids is 1. The number of thioether (sulfide) groups is 2. The van der Waals surface area contributed by atoms with Crippen molar-refractivity contribution in [2.75, 3.05) is 6.26 Å². The maximum atomic E-state index is 13.5. The zero-order valence-electron chi connectivity index (χ0n) is 20.6. The van der Waals surface area contributed by atoms with E-state index in [0.717, 1.165) is 5.56 Å². The summed E-state index contributed by atoms with van der Waals surface area (Å²) in [7, 11) is -2.21. The van der Waals surface area contributed by atoms with Gasteiger partial charge in [-0.1, -0.05) is 51.6 Å². The Morgan fingerprint density at radius 3 is 2.38 bits per heavy atom. The van der Waals surface area contributed by atoms with E-state index in [0.29, 0.717) is 17.1 Å². The van der Waals surface area contributed by atoms with Crippen molar-refractivity contribution >= 4 is 49.4 Å². The molecule has 1 saturated heterocycles. The lowest BCUT2D eigenvalue weighted by Crippen LogP contribution is -2.72. The fourth-order valence-corrected chi connectivity index (χ4v) is 8.31. The van der Waals surface area contributed by atoms with Gasteiger partial charge >= 0.3 is 5.97 Å². The Kier molecular flexibility index (Phi) is 7.34. The highest BCUT2D eigenvalue weighted by molar-refractivity contribution is 8.22. The third-order valence-electron chi connectivity index (χ3n) is 7.06. The van der Waals surface area contributed by atoms with Crippen LogP contribution < -0.4 is 0 Å². The van der Waals surface area contributed by atoms with E-state index in [4.69, 9.17) is 4.43 Å². The molecule has 2 aliphatic rings. The van der Waals surface area contributed by atoms with Gasteiger partial charge < -0.3 is 9.53 Å². The number of non-ortho nitro benzene ring substituents is 1. The number of hydrogen-bond acceptors (Lipinski definition) is 7. The van der Waals surface area contributed by atoms with Gasteiger partial charge in [0.2, 0.25) is 5.91 Å². The molecule has 186 valence electrons. The normalized spacial score (nSPS) is 23.6. The van der Waals surface area contributed by atoms with Gasteiger partial charge in [0.15, 0.2) is 14.0 Å². The van der Waals surface area contributed by atoms with Gasteiger partial charge in [-0.15, -0.1) is 11.8 Å². The fourth-order valence-electron chi connectivity index (χ4n) is 4.27. The molecule has 0 saturated carbocycles. The molecule has 0 aromatic heterocycles. The Bertz CT molecular complexity index is 1040. The number of carboxylic acid groups (broad SMARTS) is 1. The lowest BCUT2D eigenvalue weighted by Gasteiger charge is -2.56. The molecule has 3 rings (SSSR count). The number of β-lactam (4-membered cyclic amide) rings is 1. The number of benzene rings is 1. The topological polar surface area (TPSA) is 110 Å². The molecule has 1 fully saturated rings. The first-order chi connectivity index (χ1) is 15.7. The minimum Gasteiger partial charge on any atom is -0.477 e. The van der Waals surface area contributed by atoms with Gasteiger partial charge in [0, 0.05) is 18.6 Å². The minimum atomic E-state index is -2.21. The monoisotopic (exact) mass is 524 g/mol. The van der Waals surface area contributed by atoms with Crippen LogP contribution in [0.1, 0.15) is 39.7 Å². The third kappa shape index (κ3) is 4.43. The van der Waals surface area contributed by atoms with Crippen molar-refractivity contribution in [2.45, 2.75) is 69.6 Å². The zero-order chi connectivity index (χ0) is 25.6. The predicted molar refractivity (Wildman–Crippen MR) is 138 cm³/mol. The second-order valence-electron chi connectivity index (χ2n) is 10.2. The maximum absolute atomic E-state index is 13.5. The minimum absolute atomic E-state index is 0.0136. The number of amides is 1. The fraction of sp³-hybridized carbons (Fsp3) is 0.565. The molecule has 0 bridgehead atoms. The molecule has 2 aliphatic heterocycles. The Morgan fingerprint density at radius 2 is 1.94 bits per heavy atom. The summed E-state index contributed by atoms with van der Waals surface area (Å²) in [6.45, 7) is 12.7. The van der Waals surface area contributed by atoms with Crippen LogP contribution in [0.25, 0.3) is 0 Å². The van der Waals surface area contributed by atoms with E-state index in [1.807, 2.05) is 6.92 Å². The van der Waals surface area contributed by atoms with Crippen molar-refractivity contribution < 1.29 is 24.0 Å². The van der Waals surface area contributed by atoms with Crippen molar-refractivity contribution in [1.82, 2.24) is 4.90 Å². The number of carboxylic acids is 1. The number of nitrogens with zero attached hydrogens (tertiary/aromatic N) is 2. The largest absolute Gasteiger partial charge is 0.477 e. The van der Waals surface area contributed by atoms with E-state index in [-0.39, 0.29) is 28.4 Å². The first-order valence-corrected chi connectivity index (χ1v) is 16.1. The summed E-state index contributed by atoms with van der Waals surface area (Å²) in [5, 5.41) is 21.0. The summed E-state index contributed by atoms with van der Waals surface area (Å²) in [4.78, 5) is 36.9. The summed E-state index contributed by atoms with van der Waals surface area (Å²) in [6.07, 6.45) is 2.44. The number of carbonyl (C=O) groups excluding carboxylic acids is 1. The smallest absolute Gasteiger partial charge is 0.354 e. The predicted octanol–water partition coefficient (Wildman–Crippen LogP) is 5.46. The summed E-state index contributed by atoms with van der Waals surface area (Å²) in [5.74, 6) is -1.89. The molecular formula is C23H32N2O6S2Si. The number of nitro benzene ring substituents is 1. The molecule has 0 aliphatic carbocycles. The molecule has 0 radical (unpaired) electrons. The average molecular weight is 525 g/mol. The van der Waals surface area contributed by atoms with Gasteiger partial charge in [0.1, 0.15) is 4.87 Å². The van der Waals surface area contributed by atoms with Gasteiger partial charge in [-0.25, -0.2) is 4.79 Å². The standard InChI is InChI=1S/C23H32N2O6S2Si/c1-8-16(31-34(6,7)22(2,3)4)17-19(26)24-18(20(27)28)21(32-5)33-23(17,24)13-14-9-11-15(12-10-14)25(29)30/h9-12,16-17H,8,13H2,1-7H3,(H,27,28)/t16-,17+,23+/m0/s1. The van der Waals surface area contributed by atoms with Crippen LogP contribution in [-0.4, -0.2) is 52.4 Å². The van der Waals surface area contributed by atoms with Crippen LogP contribution in [0.3, 0.4) is 0 Å². The lowest BCUT2D eigenvalue weighted by atomic mass is 9.77. The number of rotatable bonds is 9. The molecule has 2 heterocycles. The van der Waals surface area contributed by atoms with Gasteiger partial charge in [0.05, 0.1) is 21.2 Å². The zero-order valence-corrected chi connectivity index (χ0v) is 23.2. The van der Waals surface area contributed by atoms with Crippen molar-refractivity contribution in [1.29, 1.82) is 0 Å². The second-order valence-corrected chi connectivity index (χ2v) is 17.3. The van der Waals surface area contributed by atoms with E-state index in [1.54, 1.807) is 18.4 Å². The number of nitro groups is 1. The van der Waals surface area contributed by atoms with Crippen LogP contribution in [0.2, 0.25) is 18.1 Å². The Hall–Kier alpha value is -1.82. The number of fused-ring (bicyclic) bond motifs is 1. The molecule has 1 aromatic rings. The quantitative estimate of drug-likeness (QED) is 0.196. The molecule has 34 heavy (non-hydrogen) atoms. The van der Waals surface area contributed by atoms with E-state index in [2.05, 4.69) is 33.9 Å². The summed E-state index contributed by atoms with van der Waals surface area (Å²) in [6, 6.07) is 6.24. The van der Waals surface area contributed by atoms with Gasteiger partial charge in [-0.2, -0.15) is 0 Å². The Balaban J connectivity index is 2.04. The third-order valence-corrected chi connectivity index (χ3v) is 14.2. The SMILES string of the molecule is CC[C@H](O[Si](C)(C)C(C)(C)C)[C@@H]1C(=O)N2C(C(=O)O)=C(SC)S[C@]12Cc1ccc([N+](=O)[O-])cc1. The molecule has 1 amide bonds. The van der Waals surface area contributed by atoms with E-state index >= 15 is 0 Å². The first-order valence-electron chi connectivity index (χ1n) is 11.2. The van der Waals surface area contributed by atoms with Crippen LogP contribution in [-0.2, 0) is 20.4 Å². The van der Waals surface area contributed by atoms with Crippen molar-refractivity contribution in [3.63, 3.8) is 0 Å². The highest BCUT2D eigenvalue weighted by Crippen LogP contribution is 2.63. The number of carbonyl (C=O) groups is 2. The molecule has 0 unspecified atom stereocenters. The van der Waals surface area contributed by atoms with Crippen molar-refractivity contribution in [3.05, 3.63) is 49.9 Å². The van der Waals surface area contributed by atoms with E-state index in [9.17, 15) is 24.8 Å². The van der Waals surface area contributed by atoms with Crippen LogP contribution in [0.15, 0.2) is 34.2 Å². The molecule has 11 heteroatoms. The maximum Gasteiger partial charge on any atom is 0.354 e. The van der Waals surface area contributed by atoms with Gasteiger partial charge in [0.25, 0.3) is 5.69 Å². The van der Waals surface area contributed by atoms with Crippen LogP contribution in [0.5, 0.6) is 0 Å². The number of hydrogen-bond donors (Lipinski definition) is 1. The van der Waals surface area contributed by atoms with Crippen molar-refractivity contribution in [2.24, 2.45) is 5.92 Å². The molecule has 8 nitrogen and oxygen atoms in total. The van der Waals surface area contributed by atoms with Gasteiger partial charge in [-0.3, -0.25) is 19.8 Å². The Labute approximate surface area is 209 Å². The summed E-state index contributed by atoms with van der Waals surface area (Å²) < 4.78 is 7.32. The van der Waals surface area contributed by atoms with E-state index < -0.39 is 30.0 Å². The first kappa shape index (κ1) is 26.8. The Morgan fingerprint density at radius 1 is 1.35 bits per heavy atom. The molecule has 3 atom stereocenters. The summed E-state index contributed by atoms with van der Waals surface area (Å²) in [5.41, 5.74) is 0.804. The van der Waals surface area contributed by atoms with E-state index in [1.165, 1.54) is 40.6 Å². The average Bonchev–Trinajstić information content (AvgIpc) is 3.03.